The molecule has 0 unspecified atom stereocenters. The summed E-state index contributed by atoms with van der Waals surface area (Å²) < 4.78 is 0.851. The van der Waals surface area contributed by atoms with Gasteiger partial charge in [0.15, 0.2) is 0 Å². The summed E-state index contributed by atoms with van der Waals surface area (Å²) in [5.41, 5.74) is 1.98. The maximum atomic E-state index is 13.8. The number of anilines is 1. The first kappa shape index (κ1) is 21.1. The zero-order valence-electron chi connectivity index (χ0n) is 16.5. The Balaban J connectivity index is 2.03. The maximum absolute atomic E-state index is 13.8. The second-order valence-corrected chi connectivity index (χ2v) is 9.24. The fraction of sp³-hybridized carbons (Fsp3) is 0.304. The van der Waals surface area contributed by atoms with Crippen LogP contribution in [0.1, 0.15) is 30.4 Å². The van der Waals surface area contributed by atoms with E-state index >= 15 is 0 Å². The molecule has 2 heterocycles. The summed E-state index contributed by atoms with van der Waals surface area (Å²) in [5, 5.41) is 13.2. The number of rotatable bonds is 4. The van der Waals surface area contributed by atoms with Gasteiger partial charge in [-0.1, -0.05) is 57.9 Å². The molecule has 2 N–H and O–H groups in total. The van der Waals surface area contributed by atoms with Crippen LogP contribution in [0.15, 0.2) is 59.1 Å². The highest BCUT2D eigenvalue weighted by molar-refractivity contribution is 9.10. The molecule has 0 radical (unpaired) electrons. The summed E-state index contributed by atoms with van der Waals surface area (Å²) >= 11 is 9.75. The van der Waals surface area contributed by atoms with Crippen molar-refractivity contribution in [2.24, 2.45) is 0 Å². The molecule has 2 aromatic carbocycles. The molecule has 1 spiro atoms. The molecule has 2 aliphatic rings. The predicted molar refractivity (Wildman–Crippen MR) is 121 cm³/mol. The number of carbonyl (C=O) groups excluding carboxylic acids is 2. The molecule has 7 heteroatoms. The van der Waals surface area contributed by atoms with Crippen LogP contribution in [0, 0.1) is 0 Å². The zero-order chi connectivity index (χ0) is 21.6. The number of hydrogen-bond donors (Lipinski definition) is 2. The Bertz CT molecular complexity index is 1060. The van der Waals surface area contributed by atoms with Crippen molar-refractivity contribution in [2.75, 3.05) is 18.5 Å². The topological polar surface area (TPSA) is 69.6 Å². The molecule has 30 heavy (non-hydrogen) atoms. The number of benzene rings is 2. The number of amides is 2. The van der Waals surface area contributed by atoms with Crippen LogP contribution in [-0.4, -0.2) is 41.0 Å². The third kappa shape index (κ3) is 3.09. The number of fused-ring (bicyclic) bond motifs is 2. The van der Waals surface area contributed by atoms with Crippen molar-refractivity contribution >= 4 is 45.0 Å². The van der Waals surface area contributed by atoms with Gasteiger partial charge in [0, 0.05) is 34.1 Å². The first-order valence-corrected chi connectivity index (χ1v) is 10.9. The molecule has 0 bridgehead atoms. The lowest BCUT2D eigenvalue weighted by molar-refractivity contribution is -0.144. The third-order valence-corrected chi connectivity index (χ3v) is 6.83. The van der Waals surface area contributed by atoms with Crippen LogP contribution >= 0.6 is 27.5 Å². The van der Waals surface area contributed by atoms with Crippen molar-refractivity contribution in [2.45, 2.75) is 30.7 Å². The summed E-state index contributed by atoms with van der Waals surface area (Å²) in [6.07, 6.45) is 0.132. The van der Waals surface area contributed by atoms with Crippen LogP contribution in [-0.2, 0) is 15.0 Å². The summed E-state index contributed by atoms with van der Waals surface area (Å²) in [5.74, 6) is -0.724. The highest BCUT2D eigenvalue weighted by atomic mass is 79.9. The molecule has 156 valence electrons. The van der Waals surface area contributed by atoms with Crippen LogP contribution in [0.5, 0.6) is 0 Å². The lowest BCUT2D eigenvalue weighted by Crippen LogP contribution is -2.64. The minimum absolute atomic E-state index is 0.119. The lowest BCUT2D eigenvalue weighted by atomic mass is 9.58. The average Bonchev–Trinajstić information content (AvgIpc) is 2.96. The molecule has 2 amide bonds. The standard InChI is InChI=1S/C23H22BrClN2O3/c1-13(2)21-23(17-7-6-15(24)11-19(17)26-22(23)30)18(12-20(29)27(21)8-9-28)14-4-3-5-16(25)10-14/h3-7,10-11,18,21,28H,1,8-9,12H2,2H3,(H,26,30)/t18-,21+,23-/m0/s1. The number of nitrogens with zero attached hydrogens (tertiary/aromatic N) is 1. The van der Waals surface area contributed by atoms with Crippen molar-refractivity contribution in [3.8, 4) is 0 Å². The largest absolute Gasteiger partial charge is 0.395 e. The number of carbonyl (C=O) groups is 2. The quantitative estimate of drug-likeness (QED) is 0.631. The smallest absolute Gasteiger partial charge is 0.238 e. The van der Waals surface area contributed by atoms with E-state index in [0.717, 1.165) is 15.6 Å². The monoisotopic (exact) mass is 488 g/mol. The Labute approximate surface area is 188 Å². The Kier molecular flexibility index (Phi) is 5.51. The summed E-state index contributed by atoms with van der Waals surface area (Å²) in [6.45, 7) is 5.92. The molecular weight excluding hydrogens is 468 g/mol. The number of piperidine rings is 1. The number of likely N-dealkylation sites (tertiary alicyclic amines) is 1. The summed E-state index contributed by atoms with van der Waals surface area (Å²) in [6, 6.07) is 12.4. The molecule has 2 aliphatic heterocycles. The van der Waals surface area contributed by atoms with Gasteiger partial charge in [0.2, 0.25) is 11.8 Å². The zero-order valence-corrected chi connectivity index (χ0v) is 18.8. The summed E-state index contributed by atoms with van der Waals surface area (Å²) in [4.78, 5) is 28.5. The van der Waals surface area contributed by atoms with E-state index in [-0.39, 0.29) is 31.4 Å². The predicted octanol–water partition coefficient (Wildman–Crippen LogP) is 4.25. The molecular formula is C23H22BrClN2O3. The van der Waals surface area contributed by atoms with Crippen LogP contribution in [0.25, 0.3) is 0 Å². The second kappa shape index (κ2) is 7.84. The van der Waals surface area contributed by atoms with Crippen LogP contribution in [0.2, 0.25) is 5.02 Å². The van der Waals surface area contributed by atoms with E-state index in [1.165, 1.54) is 0 Å². The third-order valence-electron chi connectivity index (χ3n) is 6.10. The molecule has 3 atom stereocenters. The summed E-state index contributed by atoms with van der Waals surface area (Å²) in [7, 11) is 0. The number of nitrogens with one attached hydrogen (secondary N) is 1. The highest BCUT2D eigenvalue weighted by Crippen LogP contribution is 2.56. The Morgan fingerprint density at radius 3 is 2.77 bits per heavy atom. The second-order valence-electron chi connectivity index (χ2n) is 7.88. The lowest BCUT2D eigenvalue weighted by Gasteiger charge is -2.51. The van der Waals surface area contributed by atoms with Gasteiger partial charge in [-0.15, -0.1) is 0 Å². The van der Waals surface area contributed by atoms with E-state index in [4.69, 9.17) is 11.6 Å². The molecule has 0 saturated carbocycles. The van der Waals surface area contributed by atoms with Gasteiger partial charge in [0.25, 0.3) is 0 Å². The van der Waals surface area contributed by atoms with E-state index in [9.17, 15) is 14.7 Å². The Morgan fingerprint density at radius 1 is 1.33 bits per heavy atom. The van der Waals surface area contributed by atoms with E-state index < -0.39 is 17.4 Å². The van der Waals surface area contributed by atoms with Gasteiger partial charge in [0.1, 0.15) is 5.41 Å². The van der Waals surface area contributed by atoms with E-state index in [2.05, 4.69) is 27.8 Å². The first-order valence-electron chi connectivity index (χ1n) is 9.73. The fourth-order valence-electron chi connectivity index (χ4n) is 5.10. The molecule has 2 aromatic rings. The van der Waals surface area contributed by atoms with Gasteiger partial charge in [-0.25, -0.2) is 0 Å². The van der Waals surface area contributed by atoms with Crippen molar-refractivity contribution in [3.05, 3.63) is 75.2 Å². The molecule has 1 fully saturated rings. The number of halogens is 2. The van der Waals surface area contributed by atoms with Gasteiger partial charge < -0.3 is 15.3 Å². The van der Waals surface area contributed by atoms with Crippen LogP contribution in [0.4, 0.5) is 5.69 Å². The SMILES string of the molecule is C=C(C)[C@H]1N(CCO)C(=O)C[C@@H](c2cccc(Cl)c2)[C@]12C(=O)Nc1cc(Br)ccc12. The minimum atomic E-state index is -1.07. The van der Waals surface area contributed by atoms with Gasteiger partial charge in [-0.2, -0.15) is 0 Å². The van der Waals surface area contributed by atoms with Gasteiger partial charge in [-0.05, 0) is 42.3 Å². The molecule has 0 aliphatic carbocycles. The van der Waals surface area contributed by atoms with Crippen molar-refractivity contribution < 1.29 is 14.7 Å². The first-order chi connectivity index (χ1) is 14.3. The van der Waals surface area contributed by atoms with Crippen molar-refractivity contribution in [3.63, 3.8) is 0 Å². The maximum Gasteiger partial charge on any atom is 0.238 e. The Hall–Kier alpha value is -2.15. The number of aliphatic hydroxyl groups is 1. The van der Waals surface area contributed by atoms with Gasteiger partial charge in [0.05, 0.1) is 12.6 Å². The number of aliphatic hydroxyl groups excluding tert-OH is 1. The van der Waals surface area contributed by atoms with Crippen LogP contribution < -0.4 is 5.32 Å². The van der Waals surface area contributed by atoms with E-state index in [0.29, 0.717) is 16.3 Å². The number of hydrogen-bond acceptors (Lipinski definition) is 3. The van der Waals surface area contributed by atoms with Crippen molar-refractivity contribution in [1.82, 2.24) is 4.90 Å². The average molecular weight is 490 g/mol. The molecule has 1 saturated heterocycles. The Morgan fingerprint density at radius 2 is 2.10 bits per heavy atom. The van der Waals surface area contributed by atoms with Crippen molar-refractivity contribution in [1.29, 1.82) is 0 Å². The fourth-order valence-corrected chi connectivity index (χ4v) is 5.66. The molecule has 4 rings (SSSR count). The highest BCUT2D eigenvalue weighted by Gasteiger charge is 2.63. The van der Waals surface area contributed by atoms with Gasteiger partial charge in [-0.3, -0.25) is 9.59 Å². The minimum Gasteiger partial charge on any atom is -0.395 e. The number of β-amino-alcohol motifs (C(OH)–C–C–N with tert-alkyl or cyclic N) is 1. The normalized spacial score (nSPS) is 25.4. The van der Waals surface area contributed by atoms with E-state index in [1.807, 2.05) is 43.3 Å². The van der Waals surface area contributed by atoms with Gasteiger partial charge >= 0.3 is 0 Å². The van der Waals surface area contributed by atoms with Crippen LogP contribution in [0.3, 0.4) is 0 Å². The molecule has 5 nitrogen and oxygen atoms in total. The van der Waals surface area contributed by atoms with E-state index in [1.54, 1.807) is 11.0 Å². The molecule has 0 aromatic heterocycles.